The van der Waals surface area contributed by atoms with Crippen LogP contribution >= 0.6 is 15.9 Å². The Morgan fingerprint density at radius 1 is 1.38 bits per heavy atom. The highest BCUT2D eigenvalue weighted by molar-refractivity contribution is 9.10. The first kappa shape index (κ1) is 10.4. The molecule has 0 saturated carbocycles. The van der Waals surface area contributed by atoms with Gasteiger partial charge in [0, 0.05) is 16.7 Å². The molecule has 13 heavy (non-hydrogen) atoms. The quantitative estimate of drug-likeness (QED) is 0.740. The van der Waals surface area contributed by atoms with Crippen molar-refractivity contribution in [3.8, 4) is 0 Å². The molecule has 0 radical (unpaired) electrons. The van der Waals surface area contributed by atoms with Crippen molar-refractivity contribution in [2.45, 2.75) is 6.44 Å². The van der Waals surface area contributed by atoms with Crippen LogP contribution in [0.1, 0.15) is 0 Å². The average molecular weight is 255 g/mol. The van der Waals surface area contributed by atoms with Gasteiger partial charge in [-0.2, -0.15) is 0 Å². The van der Waals surface area contributed by atoms with E-state index in [9.17, 15) is 17.7 Å². The molecule has 1 heterocycles. The predicted molar refractivity (Wildman–Crippen MR) is 47.5 cm³/mol. The van der Waals surface area contributed by atoms with Gasteiger partial charge >= 0.3 is 6.98 Å². The predicted octanol–water partition coefficient (Wildman–Crippen LogP) is 2.00. The maximum atomic E-state index is 11.9. The Kier molecular flexibility index (Phi) is 2.85. The first-order chi connectivity index (χ1) is 5.88. The number of aromatic nitrogens is 1. The molecule has 0 aliphatic rings. The average Bonchev–Trinajstić information content (AvgIpc) is 1.94. The first-order valence-corrected chi connectivity index (χ1v) is 4.25. The summed E-state index contributed by atoms with van der Waals surface area (Å²) in [5.74, 6) is 0. The zero-order valence-electron chi connectivity index (χ0n) is 6.38. The van der Waals surface area contributed by atoms with Gasteiger partial charge in [-0.3, -0.25) is 4.79 Å². The highest BCUT2D eigenvalue weighted by Crippen LogP contribution is 2.12. The van der Waals surface area contributed by atoms with Gasteiger partial charge in [-0.05, 0) is 28.4 Å². The Balaban J connectivity index is 3.01. The summed E-state index contributed by atoms with van der Waals surface area (Å²) in [6.07, 6.45) is -0.0736. The molecule has 1 aromatic heterocycles. The van der Waals surface area contributed by atoms with Gasteiger partial charge in [0.25, 0.3) is 0 Å². The van der Waals surface area contributed by atoms with Crippen LogP contribution in [0, 0.1) is 0 Å². The topological polar surface area (TPSA) is 22.0 Å². The van der Waals surface area contributed by atoms with E-state index in [2.05, 4.69) is 15.9 Å². The van der Waals surface area contributed by atoms with Gasteiger partial charge in [0.1, 0.15) is 0 Å². The Labute approximate surface area is 80.6 Å². The minimum absolute atomic E-state index is 0.451. The summed E-state index contributed by atoms with van der Waals surface area (Å²) in [7, 11) is 0. The molecule has 0 fully saturated rings. The minimum atomic E-state index is -4.97. The van der Waals surface area contributed by atoms with Gasteiger partial charge in [-0.15, -0.1) is 0 Å². The monoisotopic (exact) mass is 254 g/mol. The standard InChI is InChI=1S/C6H5BBrF3NO/c8-5-1-2-6(13)12(3-5)4-7(9,10)11/h1-3H,4H2/q-1. The van der Waals surface area contributed by atoms with Crippen molar-refractivity contribution in [1.82, 2.24) is 4.57 Å². The smallest absolute Gasteiger partial charge is 0.448 e. The zero-order valence-corrected chi connectivity index (χ0v) is 7.97. The SMILES string of the molecule is O=c1ccc(Br)cn1C[B-](F)(F)F. The van der Waals surface area contributed by atoms with Crippen molar-refractivity contribution in [2.24, 2.45) is 0 Å². The second-order valence-electron chi connectivity index (χ2n) is 2.55. The van der Waals surface area contributed by atoms with E-state index in [1.807, 2.05) is 0 Å². The summed E-state index contributed by atoms with van der Waals surface area (Å²) in [6.45, 7) is -4.97. The van der Waals surface area contributed by atoms with E-state index in [1.54, 1.807) is 0 Å². The molecule has 0 aliphatic heterocycles. The molecule has 0 saturated heterocycles. The summed E-state index contributed by atoms with van der Waals surface area (Å²) >= 11 is 2.98. The normalized spacial score (nSPS) is 11.7. The molecule has 1 aromatic rings. The number of hydrogen-bond donors (Lipinski definition) is 0. The lowest BCUT2D eigenvalue weighted by Gasteiger charge is -2.15. The summed E-state index contributed by atoms with van der Waals surface area (Å²) in [5, 5.41) is 0. The van der Waals surface area contributed by atoms with Crippen molar-refractivity contribution in [1.29, 1.82) is 0 Å². The van der Waals surface area contributed by atoms with Crippen LogP contribution in [0.4, 0.5) is 12.9 Å². The van der Waals surface area contributed by atoms with E-state index in [0.29, 0.717) is 9.04 Å². The van der Waals surface area contributed by atoms with Crippen LogP contribution in [-0.4, -0.2) is 11.5 Å². The fraction of sp³-hybridized carbons (Fsp3) is 0.167. The van der Waals surface area contributed by atoms with Crippen LogP contribution in [-0.2, 0) is 6.44 Å². The van der Waals surface area contributed by atoms with Crippen molar-refractivity contribution in [3.63, 3.8) is 0 Å². The van der Waals surface area contributed by atoms with Crippen molar-refractivity contribution in [3.05, 3.63) is 33.2 Å². The van der Waals surface area contributed by atoms with E-state index in [0.717, 1.165) is 12.3 Å². The van der Waals surface area contributed by atoms with Crippen LogP contribution < -0.4 is 5.56 Å². The van der Waals surface area contributed by atoms with Crippen LogP contribution in [0.15, 0.2) is 27.6 Å². The van der Waals surface area contributed by atoms with E-state index in [-0.39, 0.29) is 0 Å². The highest BCUT2D eigenvalue weighted by Gasteiger charge is 2.23. The highest BCUT2D eigenvalue weighted by atomic mass is 79.9. The summed E-state index contributed by atoms with van der Waals surface area (Å²) in [6, 6.07) is 2.49. The third kappa shape index (κ3) is 3.26. The third-order valence-electron chi connectivity index (χ3n) is 1.35. The minimum Gasteiger partial charge on any atom is -0.448 e. The fourth-order valence-corrected chi connectivity index (χ4v) is 1.25. The Hall–Kier alpha value is -0.715. The van der Waals surface area contributed by atoms with Crippen LogP contribution in [0.25, 0.3) is 0 Å². The molecule has 0 N–H and O–H groups in total. The maximum Gasteiger partial charge on any atom is 0.497 e. The van der Waals surface area contributed by atoms with E-state index >= 15 is 0 Å². The Bertz CT molecular complexity index is 362. The lowest BCUT2D eigenvalue weighted by Crippen LogP contribution is -2.31. The lowest BCUT2D eigenvalue weighted by molar-refractivity contribution is 0.442. The number of halogens is 4. The van der Waals surface area contributed by atoms with Crippen LogP contribution in [0.3, 0.4) is 0 Å². The number of nitrogens with zero attached hydrogens (tertiary/aromatic N) is 1. The van der Waals surface area contributed by atoms with Crippen LogP contribution in [0.2, 0.25) is 0 Å². The van der Waals surface area contributed by atoms with Crippen molar-refractivity contribution >= 4 is 22.9 Å². The van der Waals surface area contributed by atoms with Gasteiger partial charge in [0.2, 0.25) is 5.56 Å². The molecule has 0 atom stereocenters. The molecule has 0 aromatic carbocycles. The molecule has 0 bridgehead atoms. The second-order valence-corrected chi connectivity index (χ2v) is 3.46. The summed E-state index contributed by atoms with van der Waals surface area (Å²) in [4.78, 5) is 10.9. The van der Waals surface area contributed by atoms with Gasteiger partial charge < -0.3 is 17.5 Å². The largest absolute Gasteiger partial charge is 0.497 e. The molecule has 72 valence electrons. The lowest BCUT2D eigenvalue weighted by atomic mass is 9.92. The molecular formula is C6H5BBrF3NO-. The van der Waals surface area contributed by atoms with E-state index in [4.69, 9.17) is 0 Å². The molecule has 0 spiro atoms. The molecule has 0 aliphatic carbocycles. The van der Waals surface area contributed by atoms with Crippen LogP contribution in [0.5, 0.6) is 0 Å². The molecule has 0 unspecified atom stereocenters. The molecule has 1 rings (SSSR count). The third-order valence-corrected chi connectivity index (χ3v) is 1.82. The van der Waals surface area contributed by atoms with Crippen molar-refractivity contribution in [2.75, 3.05) is 0 Å². The number of pyridine rings is 1. The first-order valence-electron chi connectivity index (χ1n) is 3.45. The number of rotatable bonds is 2. The van der Waals surface area contributed by atoms with Gasteiger partial charge in [0.05, 0.1) is 0 Å². The van der Waals surface area contributed by atoms with Crippen molar-refractivity contribution < 1.29 is 12.9 Å². The zero-order chi connectivity index (χ0) is 10.1. The molecule has 2 nitrogen and oxygen atoms in total. The summed E-state index contributed by atoms with van der Waals surface area (Å²) in [5.41, 5.74) is -0.651. The van der Waals surface area contributed by atoms with Gasteiger partial charge in [-0.25, -0.2) is 0 Å². The van der Waals surface area contributed by atoms with Gasteiger partial charge in [0.15, 0.2) is 0 Å². The number of hydrogen-bond acceptors (Lipinski definition) is 1. The van der Waals surface area contributed by atoms with E-state index < -0.39 is 19.0 Å². The Morgan fingerprint density at radius 3 is 2.54 bits per heavy atom. The molecular weight excluding hydrogens is 250 g/mol. The fourth-order valence-electron chi connectivity index (χ4n) is 0.868. The Morgan fingerprint density at radius 2 is 2.00 bits per heavy atom. The summed E-state index contributed by atoms with van der Waals surface area (Å²) < 4.78 is 36.9. The maximum absolute atomic E-state index is 11.9. The van der Waals surface area contributed by atoms with Gasteiger partial charge in [-0.1, -0.05) is 0 Å². The molecule has 0 amide bonds. The van der Waals surface area contributed by atoms with E-state index in [1.165, 1.54) is 6.07 Å². The molecule has 7 heteroatoms. The second kappa shape index (κ2) is 3.57.